The Morgan fingerprint density at radius 2 is 1.92 bits per heavy atom. The summed E-state index contributed by atoms with van der Waals surface area (Å²) in [6.07, 6.45) is 0. The summed E-state index contributed by atoms with van der Waals surface area (Å²) in [6, 6.07) is 11.4. The van der Waals surface area contributed by atoms with Crippen molar-refractivity contribution in [3.63, 3.8) is 0 Å². The number of ether oxygens (including phenoxy) is 1. The van der Waals surface area contributed by atoms with Crippen LogP contribution in [0.5, 0.6) is 5.75 Å². The molecule has 3 aromatic rings. The lowest BCUT2D eigenvalue weighted by Gasteiger charge is -2.13. The smallest absolute Gasteiger partial charge is 0.336 e. The maximum Gasteiger partial charge on any atom is 0.336 e. The van der Waals surface area contributed by atoms with Gasteiger partial charge in [-0.2, -0.15) is 0 Å². The van der Waals surface area contributed by atoms with Crippen LogP contribution in [0.3, 0.4) is 0 Å². The van der Waals surface area contributed by atoms with E-state index >= 15 is 0 Å². The summed E-state index contributed by atoms with van der Waals surface area (Å²) in [5, 5.41) is 11.9. The Labute approximate surface area is 150 Å². The molecule has 0 bridgehead atoms. The highest BCUT2D eigenvalue weighted by atomic mass is 16.6. The summed E-state index contributed by atoms with van der Waals surface area (Å²) in [6.45, 7) is 6.20. The van der Waals surface area contributed by atoms with E-state index in [2.05, 4.69) is 13.8 Å². The van der Waals surface area contributed by atoms with Crippen LogP contribution in [0.1, 0.15) is 36.5 Å². The molecule has 0 aliphatic carbocycles. The molecule has 26 heavy (non-hydrogen) atoms. The van der Waals surface area contributed by atoms with Crippen molar-refractivity contribution in [3.8, 4) is 5.75 Å². The second-order valence-electron chi connectivity index (χ2n) is 6.46. The Morgan fingerprint density at radius 3 is 2.62 bits per heavy atom. The molecule has 0 unspecified atom stereocenters. The average Bonchev–Trinajstić information content (AvgIpc) is 2.58. The van der Waals surface area contributed by atoms with E-state index in [0.717, 1.165) is 16.5 Å². The molecule has 0 spiro atoms. The quantitative estimate of drug-likeness (QED) is 0.377. The summed E-state index contributed by atoms with van der Waals surface area (Å²) in [5.41, 5.74) is 2.73. The van der Waals surface area contributed by atoms with Gasteiger partial charge in [-0.15, -0.1) is 0 Å². The summed E-state index contributed by atoms with van der Waals surface area (Å²) >= 11 is 0. The van der Waals surface area contributed by atoms with E-state index in [9.17, 15) is 14.9 Å². The topological polar surface area (TPSA) is 82.6 Å². The largest absolute Gasteiger partial charge is 0.482 e. The Balaban J connectivity index is 2.04. The molecule has 1 heterocycles. The van der Waals surface area contributed by atoms with Crippen molar-refractivity contribution in [2.24, 2.45) is 0 Å². The number of aryl methyl sites for hydroxylation is 1. The lowest BCUT2D eigenvalue weighted by molar-refractivity contribution is -0.385. The van der Waals surface area contributed by atoms with Crippen molar-refractivity contribution in [1.29, 1.82) is 0 Å². The number of nitro groups is 1. The van der Waals surface area contributed by atoms with E-state index in [1.54, 1.807) is 12.1 Å². The molecule has 0 aliphatic rings. The molecule has 3 rings (SSSR count). The number of fused-ring (bicyclic) bond motifs is 1. The number of hydrogen-bond acceptors (Lipinski definition) is 5. The molecule has 0 fully saturated rings. The van der Waals surface area contributed by atoms with Gasteiger partial charge >= 0.3 is 11.3 Å². The third-order valence-electron chi connectivity index (χ3n) is 4.28. The molecule has 1 aromatic heterocycles. The maximum absolute atomic E-state index is 11.9. The molecule has 134 valence electrons. The lowest BCUT2D eigenvalue weighted by Crippen LogP contribution is -2.06. The molecular formula is C20H19NO5. The minimum atomic E-state index is -0.493. The van der Waals surface area contributed by atoms with E-state index in [4.69, 9.17) is 9.15 Å². The number of nitrogens with zero attached hydrogens (tertiary/aromatic N) is 1. The van der Waals surface area contributed by atoms with Crippen molar-refractivity contribution >= 4 is 16.7 Å². The molecule has 0 amide bonds. The number of nitro benzene ring substituents is 1. The Bertz CT molecular complexity index is 1040. The zero-order chi connectivity index (χ0) is 18.8. The third kappa shape index (κ3) is 3.44. The highest BCUT2D eigenvalue weighted by Crippen LogP contribution is 2.29. The standard InChI is InChI=1S/C20H19NO5/c1-12(2)15-10-16-14(9-20(22)26-19(16)8-13(15)3)11-25-18-7-5-4-6-17(18)21(23)24/h4-10,12H,11H2,1-3H3. The van der Waals surface area contributed by atoms with Crippen molar-refractivity contribution in [2.75, 3.05) is 0 Å². The van der Waals surface area contributed by atoms with Crippen LogP contribution in [-0.2, 0) is 6.61 Å². The predicted molar refractivity (Wildman–Crippen MR) is 98.7 cm³/mol. The van der Waals surface area contributed by atoms with Gasteiger partial charge in [-0.3, -0.25) is 10.1 Å². The van der Waals surface area contributed by atoms with Gasteiger partial charge < -0.3 is 9.15 Å². The van der Waals surface area contributed by atoms with Gasteiger partial charge in [0.25, 0.3) is 0 Å². The van der Waals surface area contributed by atoms with Crippen LogP contribution in [-0.4, -0.2) is 4.92 Å². The van der Waals surface area contributed by atoms with E-state index in [1.807, 2.05) is 19.1 Å². The molecule has 0 radical (unpaired) electrons. The minimum Gasteiger partial charge on any atom is -0.482 e. The molecule has 6 heteroatoms. The minimum absolute atomic E-state index is 0.0353. The van der Waals surface area contributed by atoms with Crippen LogP contribution in [0.2, 0.25) is 0 Å². The van der Waals surface area contributed by atoms with E-state index in [0.29, 0.717) is 17.1 Å². The molecule has 0 saturated heterocycles. The second kappa shape index (κ2) is 7.00. The first-order valence-corrected chi connectivity index (χ1v) is 8.30. The number of benzene rings is 2. The fourth-order valence-electron chi connectivity index (χ4n) is 3.02. The normalized spacial score (nSPS) is 11.1. The fourth-order valence-corrected chi connectivity index (χ4v) is 3.02. The predicted octanol–water partition coefficient (Wildman–Crippen LogP) is 4.71. The molecule has 6 nitrogen and oxygen atoms in total. The first-order chi connectivity index (χ1) is 12.4. The van der Waals surface area contributed by atoms with Crippen molar-refractivity contribution < 1.29 is 14.1 Å². The van der Waals surface area contributed by atoms with Crippen LogP contribution < -0.4 is 10.4 Å². The molecule has 0 atom stereocenters. The Hall–Kier alpha value is -3.15. The molecule has 0 saturated carbocycles. The first-order valence-electron chi connectivity index (χ1n) is 8.30. The van der Waals surface area contributed by atoms with Gasteiger partial charge in [0.2, 0.25) is 0 Å². The van der Waals surface area contributed by atoms with Gasteiger partial charge in [-0.1, -0.05) is 26.0 Å². The number of hydrogen-bond donors (Lipinski definition) is 0. The number of para-hydroxylation sites is 2. The SMILES string of the molecule is Cc1cc2oc(=O)cc(COc3ccccc3[N+](=O)[O-])c2cc1C(C)C. The van der Waals surface area contributed by atoms with Crippen molar-refractivity contribution in [3.05, 3.63) is 79.7 Å². The monoisotopic (exact) mass is 353 g/mol. The highest BCUT2D eigenvalue weighted by Gasteiger charge is 2.16. The summed E-state index contributed by atoms with van der Waals surface area (Å²) in [7, 11) is 0. The van der Waals surface area contributed by atoms with Gasteiger partial charge in [0.15, 0.2) is 5.75 Å². The van der Waals surface area contributed by atoms with Crippen LogP contribution in [0.4, 0.5) is 5.69 Å². The van der Waals surface area contributed by atoms with E-state index < -0.39 is 10.5 Å². The summed E-state index contributed by atoms with van der Waals surface area (Å²) in [5.74, 6) is 0.477. The van der Waals surface area contributed by atoms with Crippen molar-refractivity contribution in [1.82, 2.24) is 0 Å². The first kappa shape index (κ1) is 17.7. The van der Waals surface area contributed by atoms with Crippen LogP contribution >= 0.6 is 0 Å². The van der Waals surface area contributed by atoms with Gasteiger partial charge in [-0.25, -0.2) is 4.79 Å². The molecule has 2 aromatic carbocycles. The summed E-state index contributed by atoms with van der Waals surface area (Å²) < 4.78 is 11.0. The Kier molecular flexibility index (Phi) is 4.75. The van der Waals surface area contributed by atoms with E-state index in [1.165, 1.54) is 18.2 Å². The summed E-state index contributed by atoms with van der Waals surface area (Å²) in [4.78, 5) is 22.5. The van der Waals surface area contributed by atoms with Gasteiger partial charge in [-0.05, 0) is 42.2 Å². The second-order valence-corrected chi connectivity index (χ2v) is 6.46. The molecular weight excluding hydrogens is 334 g/mol. The molecule has 0 N–H and O–H groups in total. The highest BCUT2D eigenvalue weighted by molar-refractivity contribution is 5.82. The zero-order valence-corrected chi connectivity index (χ0v) is 14.8. The fraction of sp³-hybridized carbons (Fsp3) is 0.250. The van der Waals surface area contributed by atoms with Gasteiger partial charge in [0, 0.05) is 23.1 Å². The average molecular weight is 353 g/mol. The zero-order valence-electron chi connectivity index (χ0n) is 14.8. The van der Waals surface area contributed by atoms with Gasteiger partial charge in [0.1, 0.15) is 12.2 Å². The van der Waals surface area contributed by atoms with Crippen LogP contribution in [0, 0.1) is 17.0 Å². The number of rotatable bonds is 5. The van der Waals surface area contributed by atoms with Crippen molar-refractivity contribution in [2.45, 2.75) is 33.3 Å². The van der Waals surface area contributed by atoms with Gasteiger partial charge in [0.05, 0.1) is 4.92 Å². The van der Waals surface area contributed by atoms with Crippen LogP contribution in [0.15, 0.2) is 51.7 Å². The lowest BCUT2D eigenvalue weighted by atomic mass is 9.95. The van der Waals surface area contributed by atoms with E-state index in [-0.39, 0.29) is 18.0 Å². The third-order valence-corrected chi connectivity index (χ3v) is 4.28. The van der Waals surface area contributed by atoms with Crippen LogP contribution in [0.25, 0.3) is 11.0 Å². The molecule has 0 aliphatic heterocycles. The maximum atomic E-state index is 11.9. The Morgan fingerprint density at radius 1 is 1.19 bits per heavy atom.